The molecule has 0 radical (unpaired) electrons. The van der Waals surface area contributed by atoms with Crippen molar-refractivity contribution in [3.63, 3.8) is 0 Å². The van der Waals surface area contributed by atoms with Crippen LogP contribution in [0.25, 0.3) is 0 Å². The zero-order valence-electron chi connectivity index (χ0n) is 8.85. The normalized spacial score (nSPS) is 27.9. The molecule has 2 rings (SSSR count). The Morgan fingerprint density at radius 3 is 3.13 bits per heavy atom. The SMILES string of the molecule is CC1c2ncccc2CCC1P(P)PP. The van der Waals surface area contributed by atoms with Crippen LogP contribution in [0.15, 0.2) is 18.3 Å². The second kappa shape index (κ2) is 5.47. The summed E-state index contributed by atoms with van der Waals surface area (Å²) in [6.07, 6.45) is 4.50. The van der Waals surface area contributed by atoms with Gasteiger partial charge in [0.15, 0.2) is 0 Å². The van der Waals surface area contributed by atoms with Crippen molar-refractivity contribution in [3.05, 3.63) is 29.6 Å². The number of hydrogen-bond acceptors (Lipinski definition) is 1. The summed E-state index contributed by atoms with van der Waals surface area (Å²) in [5.74, 6) is 0.645. The average molecular weight is 275 g/mol. The maximum absolute atomic E-state index is 4.56. The molecule has 1 aromatic heterocycles. The molecule has 15 heavy (non-hydrogen) atoms. The highest BCUT2D eigenvalue weighted by Crippen LogP contribution is 2.72. The molecule has 1 aliphatic carbocycles. The molecule has 0 fully saturated rings. The lowest BCUT2D eigenvalue weighted by molar-refractivity contribution is 0.587. The van der Waals surface area contributed by atoms with E-state index in [2.05, 4.69) is 41.9 Å². The number of nitrogens with zero attached hydrogens (tertiary/aromatic N) is 1. The molecule has 1 aliphatic rings. The van der Waals surface area contributed by atoms with E-state index in [1.54, 1.807) is 0 Å². The van der Waals surface area contributed by atoms with Crippen LogP contribution in [-0.2, 0) is 6.42 Å². The number of hydrogen-bond donors (Lipinski definition) is 0. The highest BCUT2D eigenvalue weighted by atomic mass is 32.6. The van der Waals surface area contributed by atoms with Crippen molar-refractivity contribution in [1.82, 2.24) is 4.98 Å². The van der Waals surface area contributed by atoms with Gasteiger partial charge in [0.25, 0.3) is 0 Å². The fourth-order valence-corrected chi connectivity index (χ4v) is 8.08. The Labute approximate surface area is 99.2 Å². The lowest BCUT2D eigenvalue weighted by atomic mass is 9.87. The monoisotopic (exact) mass is 275 g/mol. The topological polar surface area (TPSA) is 12.9 Å². The van der Waals surface area contributed by atoms with Gasteiger partial charge in [0.1, 0.15) is 0 Å². The zero-order chi connectivity index (χ0) is 10.8. The Kier molecular flexibility index (Phi) is 4.50. The van der Waals surface area contributed by atoms with E-state index in [1.165, 1.54) is 24.1 Å². The van der Waals surface area contributed by atoms with Crippen LogP contribution in [0.2, 0.25) is 0 Å². The third-order valence-corrected chi connectivity index (χ3v) is 14.6. The van der Waals surface area contributed by atoms with Gasteiger partial charge in [0.2, 0.25) is 0 Å². The lowest BCUT2D eigenvalue weighted by Crippen LogP contribution is -2.21. The summed E-state index contributed by atoms with van der Waals surface area (Å²) in [7, 11) is 7.09. The largest absolute Gasteiger partial charge is 0.261 e. The zero-order valence-corrected chi connectivity index (χ0v) is 13.1. The molecule has 0 N–H and O–H groups in total. The smallest absolute Gasteiger partial charge is 0.0470 e. The first kappa shape index (κ1) is 12.3. The third kappa shape index (κ3) is 2.58. The van der Waals surface area contributed by atoms with Gasteiger partial charge in [-0.3, -0.25) is 4.98 Å². The third-order valence-electron chi connectivity index (χ3n) is 3.15. The molecule has 0 saturated carbocycles. The Morgan fingerprint density at radius 2 is 2.40 bits per heavy atom. The fraction of sp³-hybridized carbons (Fsp3) is 0.500. The fourth-order valence-electron chi connectivity index (χ4n) is 2.28. The van der Waals surface area contributed by atoms with Crippen LogP contribution in [0.4, 0.5) is 0 Å². The summed E-state index contributed by atoms with van der Waals surface area (Å²) in [4.78, 5) is 4.56. The standard InChI is InChI=1S/C10H17NP4/c1-7-9(15(13)14-12)5-4-8-3-2-6-11-10(7)8/h2-3,6-7,9,14H,4-5,12-13H2,1H3. The van der Waals surface area contributed by atoms with Gasteiger partial charge in [-0.05, 0) is 30.1 Å². The van der Waals surface area contributed by atoms with E-state index in [9.17, 15) is 0 Å². The molecule has 6 unspecified atom stereocenters. The Morgan fingerprint density at radius 1 is 1.60 bits per heavy atom. The van der Waals surface area contributed by atoms with E-state index in [0.29, 0.717) is 5.92 Å². The minimum Gasteiger partial charge on any atom is -0.261 e. The van der Waals surface area contributed by atoms with E-state index < -0.39 is 0 Å². The maximum atomic E-state index is 4.56. The van der Waals surface area contributed by atoms with Crippen molar-refractivity contribution in [2.24, 2.45) is 0 Å². The van der Waals surface area contributed by atoms with Gasteiger partial charge in [0, 0.05) is 17.8 Å². The summed E-state index contributed by atoms with van der Waals surface area (Å²) >= 11 is 0. The predicted molar refractivity (Wildman–Crippen MR) is 79.4 cm³/mol. The van der Waals surface area contributed by atoms with Gasteiger partial charge >= 0.3 is 0 Å². The minimum absolute atomic E-state index is 0.107. The van der Waals surface area contributed by atoms with Crippen LogP contribution in [-0.4, -0.2) is 10.6 Å². The molecule has 82 valence electrons. The van der Waals surface area contributed by atoms with Crippen LogP contribution in [0.5, 0.6) is 0 Å². The first-order chi connectivity index (χ1) is 7.24. The highest BCUT2D eigenvalue weighted by Gasteiger charge is 2.30. The van der Waals surface area contributed by atoms with E-state index in [-0.39, 0.29) is 7.30 Å². The number of pyridine rings is 1. The van der Waals surface area contributed by atoms with Gasteiger partial charge in [0.05, 0.1) is 0 Å². The van der Waals surface area contributed by atoms with Crippen molar-refractivity contribution < 1.29 is 0 Å². The van der Waals surface area contributed by atoms with Gasteiger partial charge in [-0.1, -0.05) is 28.2 Å². The molecule has 5 heteroatoms. The lowest BCUT2D eigenvalue weighted by Gasteiger charge is -2.33. The summed E-state index contributed by atoms with van der Waals surface area (Å²) in [5.41, 5.74) is 3.68. The first-order valence-corrected chi connectivity index (χ1v) is 11.9. The van der Waals surface area contributed by atoms with E-state index in [1.807, 2.05) is 6.20 Å². The van der Waals surface area contributed by atoms with E-state index in [0.717, 1.165) is 13.6 Å². The average Bonchev–Trinajstić information content (AvgIpc) is 2.29. The van der Waals surface area contributed by atoms with Crippen molar-refractivity contribution in [3.8, 4) is 0 Å². The van der Waals surface area contributed by atoms with Crippen LogP contribution in [0.3, 0.4) is 0 Å². The molecule has 0 saturated heterocycles. The second-order valence-corrected chi connectivity index (χ2v) is 13.6. The first-order valence-electron chi connectivity index (χ1n) is 5.18. The summed E-state index contributed by atoms with van der Waals surface area (Å²) in [5, 5.41) is 0. The Balaban J connectivity index is 2.25. The van der Waals surface area contributed by atoms with Gasteiger partial charge < -0.3 is 0 Å². The summed E-state index contributed by atoms with van der Waals surface area (Å²) in [6, 6.07) is 4.30. The number of aryl methyl sites for hydroxylation is 1. The molecular weight excluding hydrogens is 258 g/mol. The van der Waals surface area contributed by atoms with Gasteiger partial charge in [-0.15, -0.1) is 17.9 Å². The molecule has 1 heterocycles. The molecule has 6 atom stereocenters. The molecule has 0 aromatic carbocycles. The Bertz CT molecular complexity index is 344. The Hall–Kier alpha value is 0.870. The molecule has 0 aliphatic heterocycles. The molecule has 0 spiro atoms. The summed E-state index contributed by atoms with van der Waals surface area (Å²) in [6.45, 7) is 2.35. The van der Waals surface area contributed by atoms with Crippen molar-refractivity contribution >= 4 is 33.1 Å². The predicted octanol–water partition coefficient (Wildman–Crippen LogP) is 4.16. The van der Waals surface area contributed by atoms with Crippen LogP contribution < -0.4 is 0 Å². The van der Waals surface area contributed by atoms with E-state index in [4.69, 9.17) is 0 Å². The van der Waals surface area contributed by atoms with Crippen LogP contribution in [0.1, 0.15) is 30.5 Å². The molecular formula is C10H17NP4. The molecule has 0 bridgehead atoms. The van der Waals surface area contributed by atoms with E-state index >= 15 is 0 Å². The maximum Gasteiger partial charge on any atom is 0.0470 e. The van der Waals surface area contributed by atoms with Crippen LogP contribution in [0, 0.1) is 0 Å². The molecule has 1 nitrogen and oxygen atoms in total. The summed E-state index contributed by atoms with van der Waals surface area (Å²) < 4.78 is 0. The van der Waals surface area contributed by atoms with Gasteiger partial charge in [-0.25, -0.2) is 0 Å². The quantitative estimate of drug-likeness (QED) is 0.739. The molecule has 1 aromatic rings. The molecule has 0 amide bonds. The second-order valence-electron chi connectivity index (χ2n) is 3.98. The number of rotatable bonds is 2. The number of aromatic nitrogens is 1. The van der Waals surface area contributed by atoms with Crippen molar-refractivity contribution in [1.29, 1.82) is 0 Å². The highest BCUT2D eigenvalue weighted by molar-refractivity contribution is 8.61. The van der Waals surface area contributed by atoms with Crippen molar-refractivity contribution in [2.75, 3.05) is 0 Å². The van der Waals surface area contributed by atoms with Crippen molar-refractivity contribution in [2.45, 2.75) is 31.3 Å². The van der Waals surface area contributed by atoms with Gasteiger partial charge in [-0.2, -0.15) is 0 Å². The van der Waals surface area contributed by atoms with Crippen LogP contribution >= 0.6 is 33.1 Å². The number of fused-ring (bicyclic) bond motifs is 1. The minimum atomic E-state index is 0.107.